The number of likely N-dealkylation sites (N-methyl/N-ethyl adjacent to an activating group) is 1. The van der Waals surface area contributed by atoms with Crippen LogP contribution in [0.5, 0.6) is 17.2 Å². The molecule has 1 saturated heterocycles. The predicted octanol–water partition coefficient (Wildman–Crippen LogP) is 2.11. The van der Waals surface area contributed by atoms with E-state index in [0.717, 1.165) is 31.7 Å². The standard InChI is InChI=1S/C20H24N2O4/c1-21-9-11-22(12-10-21)13-17(23)16-7-8-18(20(25)19(16)24)26-14-15-5-3-2-4-6-15/h2-8,24-25H,9-14H2,1H3. The van der Waals surface area contributed by atoms with Gasteiger partial charge in [0, 0.05) is 26.2 Å². The Labute approximate surface area is 153 Å². The molecule has 0 aromatic heterocycles. The van der Waals surface area contributed by atoms with Crippen LogP contribution in [-0.4, -0.2) is 65.6 Å². The van der Waals surface area contributed by atoms with Crippen molar-refractivity contribution in [3.05, 3.63) is 53.6 Å². The normalized spacial score (nSPS) is 15.7. The van der Waals surface area contributed by atoms with Crippen LogP contribution in [0.4, 0.5) is 0 Å². The highest BCUT2D eigenvalue weighted by atomic mass is 16.5. The average Bonchev–Trinajstić information content (AvgIpc) is 2.65. The third-order valence-electron chi connectivity index (χ3n) is 4.61. The van der Waals surface area contributed by atoms with Gasteiger partial charge in [-0.3, -0.25) is 9.69 Å². The van der Waals surface area contributed by atoms with Crippen LogP contribution in [0.2, 0.25) is 0 Å². The molecule has 2 aromatic carbocycles. The molecule has 0 radical (unpaired) electrons. The number of phenolic OH excluding ortho intramolecular Hbond substituents is 2. The molecule has 0 atom stereocenters. The third kappa shape index (κ3) is 4.33. The summed E-state index contributed by atoms with van der Waals surface area (Å²) in [6.45, 7) is 3.95. The number of rotatable bonds is 6. The SMILES string of the molecule is CN1CCN(CC(=O)c2ccc(OCc3ccccc3)c(O)c2O)CC1. The number of carbonyl (C=O) groups excluding carboxylic acids is 1. The topological polar surface area (TPSA) is 73.2 Å². The zero-order chi connectivity index (χ0) is 18.5. The molecule has 1 fully saturated rings. The molecule has 0 aliphatic carbocycles. The van der Waals surface area contributed by atoms with Gasteiger partial charge in [0.05, 0.1) is 12.1 Å². The Morgan fingerprint density at radius 1 is 1.00 bits per heavy atom. The number of carbonyl (C=O) groups is 1. The molecule has 0 unspecified atom stereocenters. The van der Waals surface area contributed by atoms with Crippen molar-refractivity contribution in [1.29, 1.82) is 0 Å². The van der Waals surface area contributed by atoms with Crippen molar-refractivity contribution in [2.75, 3.05) is 39.8 Å². The number of piperazine rings is 1. The molecule has 0 spiro atoms. The predicted molar refractivity (Wildman–Crippen MR) is 98.8 cm³/mol. The summed E-state index contributed by atoms with van der Waals surface area (Å²) in [7, 11) is 2.05. The Balaban J connectivity index is 1.65. The monoisotopic (exact) mass is 356 g/mol. The van der Waals surface area contributed by atoms with E-state index in [1.165, 1.54) is 12.1 Å². The average molecular weight is 356 g/mol. The number of nitrogens with zero attached hydrogens (tertiary/aromatic N) is 2. The lowest BCUT2D eigenvalue weighted by Gasteiger charge is -2.31. The molecule has 0 amide bonds. The highest BCUT2D eigenvalue weighted by Crippen LogP contribution is 2.38. The molecule has 1 heterocycles. The molecule has 138 valence electrons. The lowest BCUT2D eigenvalue weighted by molar-refractivity contribution is 0.0873. The zero-order valence-corrected chi connectivity index (χ0v) is 14.9. The molecule has 1 aliphatic heterocycles. The molecule has 26 heavy (non-hydrogen) atoms. The van der Waals surface area contributed by atoms with Crippen LogP contribution in [0.25, 0.3) is 0 Å². The number of hydrogen-bond donors (Lipinski definition) is 2. The second-order valence-corrected chi connectivity index (χ2v) is 6.59. The molecule has 3 rings (SSSR count). The lowest BCUT2D eigenvalue weighted by Crippen LogP contribution is -2.46. The van der Waals surface area contributed by atoms with E-state index < -0.39 is 11.5 Å². The van der Waals surface area contributed by atoms with E-state index in [-0.39, 0.29) is 30.2 Å². The first-order valence-electron chi connectivity index (χ1n) is 8.70. The Bertz CT molecular complexity index is 756. The molecule has 6 nitrogen and oxygen atoms in total. The molecular formula is C20H24N2O4. The number of ether oxygens (including phenoxy) is 1. The summed E-state index contributed by atoms with van der Waals surface area (Å²) in [6.07, 6.45) is 0. The maximum atomic E-state index is 12.5. The Kier molecular flexibility index (Phi) is 5.75. The highest BCUT2D eigenvalue weighted by Gasteiger charge is 2.22. The fourth-order valence-electron chi connectivity index (χ4n) is 2.93. The first-order chi connectivity index (χ1) is 12.5. The second-order valence-electron chi connectivity index (χ2n) is 6.59. The third-order valence-corrected chi connectivity index (χ3v) is 4.61. The molecule has 1 aliphatic rings. The van der Waals surface area contributed by atoms with Gasteiger partial charge >= 0.3 is 0 Å². The van der Waals surface area contributed by atoms with Gasteiger partial charge in [-0.05, 0) is 24.7 Å². The smallest absolute Gasteiger partial charge is 0.201 e. The van der Waals surface area contributed by atoms with Gasteiger partial charge in [-0.15, -0.1) is 0 Å². The van der Waals surface area contributed by atoms with Gasteiger partial charge in [0.2, 0.25) is 5.75 Å². The minimum absolute atomic E-state index is 0.119. The summed E-state index contributed by atoms with van der Waals surface area (Å²) in [5.74, 6) is -0.876. The fourth-order valence-corrected chi connectivity index (χ4v) is 2.93. The lowest BCUT2D eigenvalue weighted by atomic mass is 10.1. The van der Waals surface area contributed by atoms with Gasteiger partial charge in [-0.2, -0.15) is 0 Å². The number of ketones is 1. The van der Waals surface area contributed by atoms with Crippen LogP contribution >= 0.6 is 0 Å². The summed E-state index contributed by atoms with van der Waals surface area (Å²) in [6, 6.07) is 12.6. The zero-order valence-electron chi connectivity index (χ0n) is 14.9. The molecule has 2 N–H and O–H groups in total. The van der Waals surface area contributed by atoms with Crippen LogP contribution in [0, 0.1) is 0 Å². The molecule has 0 bridgehead atoms. The highest BCUT2D eigenvalue weighted by molar-refractivity contribution is 6.01. The van der Waals surface area contributed by atoms with Crippen molar-refractivity contribution in [1.82, 2.24) is 9.80 Å². The van der Waals surface area contributed by atoms with Crippen LogP contribution < -0.4 is 4.74 Å². The summed E-state index contributed by atoms with van der Waals surface area (Å²) in [5.41, 5.74) is 1.06. The van der Waals surface area contributed by atoms with E-state index in [1.54, 1.807) is 0 Å². The van der Waals surface area contributed by atoms with E-state index in [2.05, 4.69) is 16.8 Å². The molecule has 0 saturated carbocycles. The maximum absolute atomic E-state index is 12.5. The van der Waals surface area contributed by atoms with Crippen molar-refractivity contribution in [2.45, 2.75) is 6.61 Å². The van der Waals surface area contributed by atoms with Crippen molar-refractivity contribution in [2.24, 2.45) is 0 Å². The second kappa shape index (κ2) is 8.21. The van der Waals surface area contributed by atoms with Crippen LogP contribution in [0.1, 0.15) is 15.9 Å². The van der Waals surface area contributed by atoms with Crippen LogP contribution in [-0.2, 0) is 6.61 Å². The number of Topliss-reactive ketones (excluding diaryl/α,β-unsaturated/α-hetero) is 1. The Morgan fingerprint density at radius 3 is 2.38 bits per heavy atom. The van der Waals surface area contributed by atoms with E-state index in [1.807, 2.05) is 30.3 Å². The molecule has 2 aromatic rings. The Hall–Kier alpha value is -2.57. The Morgan fingerprint density at radius 2 is 1.69 bits per heavy atom. The van der Waals surface area contributed by atoms with Gasteiger partial charge in [-0.25, -0.2) is 0 Å². The van der Waals surface area contributed by atoms with Crippen LogP contribution in [0.3, 0.4) is 0 Å². The van der Waals surface area contributed by atoms with Crippen LogP contribution in [0.15, 0.2) is 42.5 Å². The molecule has 6 heteroatoms. The molecular weight excluding hydrogens is 332 g/mol. The van der Waals surface area contributed by atoms with Gasteiger partial charge in [0.1, 0.15) is 6.61 Å². The largest absolute Gasteiger partial charge is 0.504 e. The number of benzene rings is 2. The van der Waals surface area contributed by atoms with Crippen molar-refractivity contribution in [3.63, 3.8) is 0 Å². The van der Waals surface area contributed by atoms with E-state index >= 15 is 0 Å². The first-order valence-corrected chi connectivity index (χ1v) is 8.70. The number of aromatic hydroxyl groups is 2. The van der Waals surface area contributed by atoms with Gasteiger partial charge < -0.3 is 19.8 Å². The maximum Gasteiger partial charge on any atom is 0.201 e. The minimum atomic E-state index is -0.422. The van der Waals surface area contributed by atoms with Gasteiger partial charge in [0.25, 0.3) is 0 Å². The summed E-state index contributed by atoms with van der Waals surface area (Å²) >= 11 is 0. The number of hydrogen-bond acceptors (Lipinski definition) is 6. The quantitative estimate of drug-likeness (QED) is 0.610. The van der Waals surface area contributed by atoms with E-state index in [0.29, 0.717) is 0 Å². The number of phenols is 2. The fraction of sp³-hybridized carbons (Fsp3) is 0.350. The van der Waals surface area contributed by atoms with E-state index in [4.69, 9.17) is 4.74 Å². The van der Waals surface area contributed by atoms with E-state index in [9.17, 15) is 15.0 Å². The first kappa shape index (κ1) is 18.2. The van der Waals surface area contributed by atoms with Crippen molar-refractivity contribution < 1.29 is 19.7 Å². The summed E-state index contributed by atoms with van der Waals surface area (Å²) in [4.78, 5) is 16.8. The van der Waals surface area contributed by atoms with Crippen molar-refractivity contribution in [3.8, 4) is 17.2 Å². The van der Waals surface area contributed by atoms with Gasteiger partial charge in [0.15, 0.2) is 17.3 Å². The summed E-state index contributed by atoms with van der Waals surface area (Å²) in [5, 5.41) is 20.4. The van der Waals surface area contributed by atoms with Gasteiger partial charge in [-0.1, -0.05) is 30.3 Å². The minimum Gasteiger partial charge on any atom is -0.504 e. The summed E-state index contributed by atoms with van der Waals surface area (Å²) < 4.78 is 5.56. The van der Waals surface area contributed by atoms with Crippen molar-refractivity contribution >= 4 is 5.78 Å².